The van der Waals surface area contributed by atoms with Gasteiger partial charge in [-0.25, -0.2) is 0 Å². The first-order valence-electron chi connectivity index (χ1n) is 10.0. The van der Waals surface area contributed by atoms with Crippen LogP contribution in [-0.2, 0) is 4.74 Å². The third-order valence-electron chi connectivity index (χ3n) is 4.45. The van der Waals surface area contributed by atoms with Gasteiger partial charge in [0.2, 0.25) is 0 Å². The molecule has 0 aliphatic carbocycles. The summed E-state index contributed by atoms with van der Waals surface area (Å²) < 4.78 is 5.36. The van der Waals surface area contributed by atoms with Crippen LogP contribution in [0, 0.1) is 0 Å². The number of methoxy groups -OCH3 is 1. The van der Waals surface area contributed by atoms with Crippen molar-refractivity contribution < 1.29 is 4.74 Å². The van der Waals surface area contributed by atoms with E-state index in [0.717, 1.165) is 11.1 Å². The van der Waals surface area contributed by atoms with Crippen molar-refractivity contribution in [1.29, 1.82) is 0 Å². The van der Waals surface area contributed by atoms with Crippen LogP contribution in [0.25, 0.3) is 0 Å². The maximum Gasteiger partial charge on any atom is 0.0758 e. The molecule has 0 rings (SSSR count). The second-order valence-corrected chi connectivity index (χ2v) is 8.48. The number of hydrogen-bond donors (Lipinski definition) is 0. The van der Waals surface area contributed by atoms with E-state index in [9.17, 15) is 0 Å². The number of hydrogen-bond acceptors (Lipinski definition) is 2. The van der Waals surface area contributed by atoms with Crippen LogP contribution < -0.4 is 0 Å². The Labute approximate surface area is 159 Å². The second-order valence-electron chi connectivity index (χ2n) is 6.68. The van der Waals surface area contributed by atoms with Crippen LogP contribution in [0.2, 0.25) is 0 Å². The quantitative estimate of drug-likeness (QED) is 0.160. The molecular formula is C20H41BrOS. The molecule has 0 saturated carbocycles. The molecule has 0 bridgehead atoms. The maximum absolute atomic E-state index is 5.36. The fraction of sp³-hybridized carbons (Fsp3) is 1.00. The van der Waals surface area contributed by atoms with Gasteiger partial charge in [-0.15, -0.1) is 0 Å². The molecule has 0 aromatic rings. The molecule has 0 aliphatic heterocycles. The van der Waals surface area contributed by atoms with Crippen molar-refractivity contribution in [3.63, 3.8) is 0 Å². The maximum atomic E-state index is 5.36. The minimum atomic E-state index is 0.381. The van der Waals surface area contributed by atoms with Crippen LogP contribution in [0.4, 0.5) is 0 Å². The van der Waals surface area contributed by atoms with Gasteiger partial charge in [0.05, 0.1) is 6.10 Å². The van der Waals surface area contributed by atoms with Gasteiger partial charge < -0.3 is 4.74 Å². The van der Waals surface area contributed by atoms with Crippen molar-refractivity contribution in [3.05, 3.63) is 0 Å². The van der Waals surface area contributed by atoms with Crippen molar-refractivity contribution in [2.24, 2.45) is 0 Å². The van der Waals surface area contributed by atoms with Crippen LogP contribution in [0.5, 0.6) is 0 Å². The molecule has 0 N–H and O–H groups in total. The summed E-state index contributed by atoms with van der Waals surface area (Å²) in [5.74, 6) is 2.42. The Kier molecular flexibility index (Phi) is 21.5. The molecule has 0 radical (unpaired) electrons. The monoisotopic (exact) mass is 408 g/mol. The summed E-state index contributed by atoms with van der Waals surface area (Å²) >= 11 is 5.52. The van der Waals surface area contributed by atoms with E-state index >= 15 is 0 Å². The van der Waals surface area contributed by atoms with Gasteiger partial charge in [0.15, 0.2) is 0 Å². The van der Waals surface area contributed by atoms with Crippen LogP contribution in [0.1, 0.15) is 96.8 Å². The topological polar surface area (TPSA) is 9.23 Å². The Balaban J connectivity index is 3.02. The molecule has 3 heteroatoms. The third kappa shape index (κ3) is 19.0. The summed E-state index contributed by atoms with van der Waals surface area (Å²) in [6.45, 7) is 2.29. The van der Waals surface area contributed by atoms with Crippen LogP contribution in [0.3, 0.4) is 0 Å². The fourth-order valence-electron chi connectivity index (χ4n) is 2.79. The smallest absolute Gasteiger partial charge is 0.0758 e. The lowest BCUT2D eigenvalue weighted by Crippen LogP contribution is -2.15. The van der Waals surface area contributed by atoms with Gasteiger partial charge in [-0.3, -0.25) is 0 Å². The number of halogens is 1. The van der Waals surface area contributed by atoms with Gasteiger partial charge in [-0.2, -0.15) is 11.8 Å². The predicted molar refractivity (Wildman–Crippen MR) is 112 cm³/mol. The second kappa shape index (κ2) is 20.8. The van der Waals surface area contributed by atoms with E-state index in [2.05, 4.69) is 22.9 Å². The van der Waals surface area contributed by atoms with E-state index < -0.39 is 0 Å². The lowest BCUT2D eigenvalue weighted by molar-refractivity contribution is 0.142. The highest BCUT2D eigenvalue weighted by Gasteiger charge is 2.04. The summed E-state index contributed by atoms with van der Waals surface area (Å²) in [6.07, 6.45) is 20.6. The van der Waals surface area contributed by atoms with E-state index in [0.29, 0.717) is 6.10 Å². The van der Waals surface area contributed by atoms with E-state index in [-0.39, 0.29) is 0 Å². The molecule has 0 heterocycles. The normalized spacial score (nSPS) is 12.7. The van der Waals surface area contributed by atoms with E-state index in [1.165, 1.54) is 95.6 Å². The lowest BCUT2D eigenvalue weighted by Gasteiger charge is -2.11. The van der Waals surface area contributed by atoms with Crippen molar-refractivity contribution in [3.8, 4) is 0 Å². The Bertz CT molecular complexity index is 210. The Morgan fingerprint density at radius 1 is 0.739 bits per heavy atom. The van der Waals surface area contributed by atoms with Crippen LogP contribution >= 0.6 is 27.7 Å². The molecule has 0 aromatic heterocycles. The van der Waals surface area contributed by atoms with E-state index in [4.69, 9.17) is 4.74 Å². The first-order valence-corrected chi connectivity index (χ1v) is 12.3. The highest BCUT2D eigenvalue weighted by atomic mass is 79.9. The highest BCUT2D eigenvalue weighted by Crippen LogP contribution is 2.14. The Hall–Kier alpha value is 0.790. The molecule has 1 nitrogen and oxygen atoms in total. The first-order chi connectivity index (χ1) is 11.3. The molecule has 23 heavy (non-hydrogen) atoms. The predicted octanol–water partition coefficient (Wildman–Crippen LogP) is 7.61. The summed E-state index contributed by atoms with van der Waals surface area (Å²) in [6, 6.07) is 0. The Morgan fingerprint density at radius 2 is 1.17 bits per heavy atom. The van der Waals surface area contributed by atoms with Gasteiger partial charge in [-0.05, 0) is 12.2 Å². The van der Waals surface area contributed by atoms with Crippen molar-refractivity contribution in [2.75, 3.05) is 23.9 Å². The molecule has 0 fully saturated rings. The van der Waals surface area contributed by atoms with Gasteiger partial charge in [0, 0.05) is 18.2 Å². The van der Waals surface area contributed by atoms with Gasteiger partial charge in [0.25, 0.3) is 0 Å². The van der Waals surface area contributed by atoms with Crippen molar-refractivity contribution >= 4 is 27.7 Å². The number of thioether (sulfide) groups is 1. The Morgan fingerprint density at radius 3 is 1.57 bits per heavy atom. The summed E-state index contributed by atoms with van der Waals surface area (Å²) in [7, 11) is 1.80. The summed E-state index contributed by atoms with van der Waals surface area (Å²) in [4.78, 5) is 0. The molecule has 0 saturated heterocycles. The standard InChI is InChI=1S/C20H41BrOS/c1-3-4-5-6-7-8-9-10-11-12-13-14-15-16-17-23-19-20(18-21)22-2/h20H,3-19H2,1-2H3/t20-/m0/s1. The van der Waals surface area contributed by atoms with Crippen LogP contribution in [0.15, 0.2) is 0 Å². The first kappa shape index (κ1) is 23.8. The zero-order valence-electron chi connectivity index (χ0n) is 15.8. The molecule has 0 amide bonds. The molecule has 0 aliphatic rings. The zero-order valence-corrected chi connectivity index (χ0v) is 18.2. The fourth-order valence-corrected chi connectivity index (χ4v) is 4.68. The van der Waals surface area contributed by atoms with E-state index in [1.807, 2.05) is 11.8 Å². The summed E-state index contributed by atoms with van der Waals surface area (Å²) in [5.41, 5.74) is 0. The molecule has 0 unspecified atom stereocenters. The minimum absolute atomic E-state index is 0.381. The number of alkyl halides is 1. The van der Waals surface area contributed by atoms with Crippen molar-refractivity contribution in [1.82, 2.24) is 0 Å². The van der Waals surface area contributed by atoms with Crippen LogP contribution in [-0.4, -0.2) is 30.0 Å². The molecular weight excluding hydrogens is 368 g/mol. The highest BCUT2D eigenvalue weighted by molar-refractivity contribution is 9.09. The number of unbranched alkanes of at least 4 members (excludes halogenated alkanes) is 13. The molecule has 1 atom stereocenters. The van der Waals surface area contributed by atoms with Gasteiger partial charge >= 0.3 is 0 Å². The molecule has 140 valence electrons. The van der Waals surface area contributed by atoms with Gasteiger partial charge in [-0.1, -0.05) is 106 Å². The van der Waals surface area contributed by atoms with Gasteiger partial charge in [0.1, 0.15) is 0 Å². The average Bonchev–Trinajstić information content (AvgIpc) is 2.58. The third-order valence-corrected chi connectivity index (χ3v) is 6.36. The molecule has 0 spiro atoms. The molecule has 0 aromatic carbocycles. The number of rotatable bonds is 19. The van der Waals surface area contributed by atoms with Crippen molar-refractivity contribution in [2.45, 2.75) is 103 Å². The zero-order chi connectivity index (χ0) is 17.0. The summed E-state index contributed by atoms with van der Waals surface area (Å²) in [5, 5.41) is 0.954. The largest absolute Gasteiger partial charge is 0.380 e. The number of ether oxygens (including phenoxy) is 1. The lowest BCUT2D eigenvalue weighted by atomic mass is 10.0. The average molecular weight is 410 g/mol. The van der Waals surface area contributed by atoms with E-state index in [1.54, 1.807) is 7.11 Å². The SMILES string of the molecule is CCCCCCCCCCCCCCCCSC[C@H](CBr)OC. The minimum Gasteiger partial charge on any atom is -0.380 e.